The van der Waals surface area contributed by atoms with Gasteiger partial charge in [0.1, 0.15) is 5.60 Å². The number of carbonyl (C=O) groups excluding carboxylic acids is 1. The van der Waals surface area contributed by atoms with E-state index < -0.39 is 5.60 Å². The molecule has 0 saturated carbocycles. The molecule has 0 aromatic heterocycles. The maximum absolute atomic E-state index is 11.4. The third-order valence-corrected chi connectivity index (χ3v) is 1.71. The van der Waals surface area contributed by atoms with Gasteiger partial charge in [0.15, 0.2) is 0 Å². The fraction of sp³-hybridized carbons (Fsp3) is 0.615. The first-order valence-corrected chi connectivity index (χ1v) is 5.36. The van der Waals surface area contributed by atoms with Crippen LogP contribution in [0, 0.1) is 12.3 Å². The molecule has 0 bridgehead atoms. The number of nitrogens with zero attached hydrogens (tertiary/aromatic N) is 1. The number of esters is 1. The summed E-state index contributed by atoms with van der Waals surface area (Å²) in [5.41, 5.74) is -0.415. The van der Waals surface area contributed by atoms with Gasteiger partial charge in [-0.05, 0) is 40.3 Å². The fourth-order valence-electron chi connectivity index (χ4n) is 1.12. The molecule has 0 aliphatic carbocycles. The number of allylic oxidation sites excluding steroid dienone is 1. The van der Waals surface area contributed by atoms with E-state index in [0.29, 0.717) is 6.54 Å². The van der Waals surface area contributed by atoms with E-state index in [1.165, 1.54) is 0 Å². The van der Waals surface area contributed by atoms with Crippen LogP contribution in [0.3, 0.4) is 0 Å². The first-order chi connectivity index (χ1) is 7.35. The molecule has 0 aliphatic heterocycles. The molecule has 3 heteroatoms. The quantitative estimate of drug-likeness (QED) is 0.526. The van der Waals surface area contributed by atoms with Crippen molar-refractivity contribution >= 4 is 5.97 Å². The number of terminal acetylenes is 1. The molecular formula is C13H21NO2. The van der Waals surface area contributed by atoms with E-state index in [4.69, 9.17) is 11.2 Å². The Labute approximate surface area is 98.5 Å². The van der Waals surface area contributed by atoms with Crippen LogP contribution in [-0.2, 0) is 9.53 Å². The van der Waals surface area contributed by atoms with Gasteiger partial charge in [0.05, 0.1) is 6.54 Å². The SMILES string of the molecule is C#C/C=C/CCN(C)CC(=O)OC(C)(C)C. The first-order valence-electron chi connectivity index (χ1n) is 5.36. The molecule has 0 radical (unpaired) electrons. The molecular weight excluding hydrogens is 202 g/mol. The average Bonchev–Trinajstić information content (AvgIpc) is 2.09. The van der Waals surface area contributed by atoms with Gasteiger partial charge in [-0.15, -0.1) is 6.42 Å². The summed E-state index contributed by atoms with van der Waals surface area (Å²) < 4.78 is 5.20. The molecule has 0 aromatic carbocycles. The highest BCUT2D eigenvalue weighted by molar-refractivity contribution is 5.72. The zero-order chi connectivity index (χ0) is 12.6. The molecule has 16 heavy (non-hydrogen) atoms. The summed E-state index contributed by atoms with van der Waals surface area (Å²) in [7, 11) is 1.88. The van der Waals surface area contributed by atoms with Gasteiger partial charge < -0.3 is 4.74 Å². The van der Waals surface area contributed by atoms with Crippen molar-refractivity contribution in [1.82, 2.24) is 4.90 Å². The van der Waals surface area contributed by atoms with Crippen LogP contribution < -0.4 is 0 Å². The third-order valence-electron chi connectivity index (χ3n) is 1.71. The van der Waals surface area contributed by atoms with Crippen LogP contribution in [0.2, 0.25) is 0 Å². The smallest absolute Gasteiger partial charge is 0.320 e. The second-order valence-electron chi connectivity index (χ2n) is 4.68. The van der Waals surface area contributed by atoms with Crippen LogP contribution in [-0.4, -0.2) is 36.6 Å². The number of ether oxygens (including phenoxy) is 1. The summed E-state index contributed by atoms with van der Waals surface area (Å²) >= 11 is 0. The summed E-state index contributed by atoms with van der Waals surface area (Å²) in [6.45, 7) is 6.68. The highest BCUT2D eigenvalue weighted by Crippen LogP contribution is 2.07. The standard InChI is InChI=1S/C13H21NO2/c1-6-7-8-9-10-14(5)11-12(15)16-13(2,3)4/h1,7-8H,9-11H2,2-5H3/b8-7+. The van der Waals surface area contributed by atoms with Gasteiger partial charge in [0, 0.05) is 6.54 Å². The Bertz CT molecular complexity index is 281. The Morgan fingerprint density at radius 2 is 2.12 bits per heavy atom. The number of carbonyl (C=O) groups is 1. The lowest BCUT2D eigenvalue weighted by Crippen LogP contribution is -2.33. The molecule has 0 amide bonds. The van der Waals surface area contributed by atoms with Crippen LogP contribution in [0.1, 0.15) is 27.2 Å². The van der Waals surface area contributed by atoms with Gasteiger partial charge in [0.25, 0.3) is 0 Å². The number of rotatable bonds is 5. The average molecular weight is 223 g/mol. The maximum atomic E-state index is 11.4. The van der Waals surface area contributed by atoms with Crippen LogP contribution in [0.4, 0.5) is 0 Å². The lowest BCUT2D eigenvalue weighted by atomic mass is 10.2. The van der Waals surface area contributed by atoms with Gasteiger partial charge in [-0.2, -0.15) is 0 Å². The third kappa shape index (κ3) is 9.29. The molecule has 0 heterocycles. The number of hydrogen-bond donors (Lipinski definition) is 0. The summed E-state index contributed by atoms with van der Waals surface area (Å²) in [6.07, 6.45) is 9.48. The monoisotopic (exact) mass is 223 g/mol. The van der Waals surface area contributed by atoms with Gasteiger partial charge in [-0.3, -0.25) is 9.69 Å². The van der Waals surface area contributed by atoms with Crippen LogP contribution >= 0.6 is 0 Å². The van der Waals surface area contributed by atoms with Crippen molar-refractivity contribution in [1.29, 1.82) is 0 Å². The normalized spacial score (nSPS) is 11.8. The summed E-state index contributed by atoms with van der Waals surface area (Å²) in [4.78, 5) is 13.4. The highest BCUT2D eigenvalue weighted by atomic mass is 16.6. The second-order valence-corrected chi connectivity index (χ2v) is 4.68. The summed E-state index contributed by atoms with van der Waals surface area (Å²) in [6, 6.07) is 0. The van der Waals surface area contributed by atoms with Crippen LogP contribution in [0.25, 0.3) is 0 Å². The van der Waals surface area contributed by atoms with E-state index in [9.17, 15) is 4.79 Å². The fourth-order valence-corrected chi connectivity index (χ4v) is 1.12. The minimum Gasteiger partial charge on any atom is -0.459 e. The van der Waals surface area contributed by atoms with E-state index in [2.05, 4.69) is 5.92 Å². The van der Waals surface area contributed by atoms with Gasteiger partial charge in [-0.25, -0.2) is 0 Å². The van der Waals surface area contributed by atoms with Crippen molar-refractivity contribution in [2.45, 2.75) is 32.8 Å². The molecule has 0 aliphatic rings. The Balaban J connectivity index is 3.80. The molecule has 90 valence electrons. The Kier molecular flexibility index (Phi) is 6.52. The van der Waals surface area contributed by atoms with E-state index >= 15 is 0 Å². The predicted molar refractivity (Wildman–Crippen MR) is 65.9 cm³/mol. The largest absolute Gasteiger partial charge is 0.459 e. The van der Waals surface area contributed by atoms with Gasteiger partial charge in [-0.1, -0.05) is 12.0 Å². The van der Waals surface area contributed by atoms with Crippen LogP contribution in [0.15, 0.2) is 12.2 Å². The lowest BCUT2D eigenvalue weighted by Gasteiger charge is -2.22. The van der Waals surface area contributed by atoms with Gasteiger partial charge in [0.2, 0.25) is 0 Å². The number of likely N-dealkylation sites (N-methyl/N-ethyl adjacent to an activating group) is 1. The van der Waals surface area contributed by atoms with E-state index in [1.807, 2.05) is 38.8 Å². The molecule has 3 nitrogen and oxygen atoms in total. The minimum atomic E-state index is -0.415. The molecule has 0 fully saturated rings. The summed E-state index contributed by atoms with van der Waals surface area (Å²) in [5.74, 6) is 2.22. The second kappa shape index (κ2) is 7.08. The van der Waals surface area contributed by atoms with E-state index in [-0.39, 0.29) is 5.97 Å². The molecule has 0 N–H and O–H groups in total. The van der Waals surface area contributed by atoms with Crippen molar-refractivity contribution in [2.75, 3.05) is 20.1 Å². The predicted octanol–water partition coefficient (Wildman–Crippen LogP) is 1.84. The summed E-state index contributed by atoms with van der Waals surface area (Å²) in [5, 5.41) is 0. The first kappa shape index (κ1) is 14.7. The van der Waals surface area contributed by atoms with Crippen molar-refractivity contribution < 1.29 is 9.53 Å². The topological polar surface area (TPSA) is 29.5 Å². The van der Waals surface area contributed by atoms with Crippen LogP contribution in [0.5, 0.6) is 0 Å². The molecule has 0 unspecified atom stereocenters. The maximum Gasteiger partial charge on any atom is 0.320 e. The Hall–Kier alpha value is -1.27. The zero-order valence-corrected chi connectivity index (χ0v) is 10.6. The molecule has 0 aromatic rings. The minimum absolute atomic E-state index is 0.198. The highest BCUT2D eigenvalue weighted by Gasteiger charge is 2.16. The van der Waals surface area contributed by atoms with Crippen molar-refractivity contribution in [2.24, 2.45) is 0 Å². The van der Waals surface area contributed by atoms with E-state index in [0.717, 1.165) is 13.0 Å². The van der Waals surface area contributed by atoms with Crippen molar-refractivity contribution in [3.05, 3.63) is 12.2 Å². The molecule has 0 saturated heterocycles. The number of hydrogen-bond acceptors (Lipinski definition) is 3. The van der Waals surface area contributed by atoms with Crippen molar-refractivity contribution in [3.8, 4) is 12.3 Å². The molecule has 0 spiro atoms. The van der Waals surface area contributed by atoms with Gasteiger partial charge >= 0.3 is 5.97 Å². The van der Waals surface area contributed by atoms with E-state index in [1.54, 1.807) is 6.08 Å². The molecule has 0 rings (SSSR count). The Morgan fingerprint density at radius 3 is 2.62 bits per heavy atom. The molecule has 0 atom stereocenters. The zero-order valence-electron chi connectivity index (χ0n) is 10.6. The lowest BCUT2D eigenvalue weighted by molar-refractivity contribution is -0.155. The van der Waals surface area contributed by atoms with Crippen molar-refractivity contribution in [3.63, 3.8) is 0 Å². The Morgan fingerprint density at radius 1 is 1.50 bits per heavy atom.